The lowest BCUT2D eigenvalue weighted by Gasteiger charge is -2.07. The minimum atomic E-state index is -4.37. The summed E-state index contributed by atoms with van der Waals surface area (Å²) in [5.74, 6) is 0.813. The van der Waals surface area contributed by atoms with E-state index in [1.165, 1.54) is 16.9 Å². The number of tetrazole rings is 1. The molecule has 0 spiro atoms. The highest BCUT2D eigenvalue weighted by atomic mass is 19.4. The average molecular weight is 482 g/mol. The first-order valence-corrected chi connectivity index (χ1v) is 10.6. The molecule has 4 rings (SSSR count). The van der Waals surface area contributed by atoms with Gasteiger partial charge in [0.2, 0.25) is 11.7 Å². The van der Waals surface area contributed by atoms with Gasteiger partial charge in [-0.25, -0.2) is 4.98 Å². The van der Waals surface area contributed by atoms with E-state index in [9.17, 15) is 13.2 Å². The van der Waals surface area contributed by atoms with Crippen LogP contribution in [0, 0.1) is 0 Å². The molecule has 0 unspecified atom stereocenters. The molecule has 0 aliphatic carbocycles. The van der Waals surface area contributed by atoms with E-state index in [1.807, 2.05) is 30.3 Å². The molecule has 180 valence electrons. The Hall–Kier alpha value is -4.28. The Morgan fingerprint density at radius 2 is 1.71 bits per heavy atom. The van der Waals surface area contributed by atoms with Gasteiger partial charge in [-0.05, 0) is 41.5 Å². The third-order valence-electron chi connectivity index (χ3n) is 4.88. The average Bonchev–Trinajstić information content (AvgIpc) is 3.30. The van der Waals surface area contributed by atoms with Crippen LogP contribution in [0.25, 0.3) is 0 Å². The molecule has 0 amide bonds. The molecule has 0 atom stereocenters. The molecule has 0 fully saturated rings. The van der Waals surface area contributed by atoms with Gasteiger partial charge in [0.05, 0.1) is 17.8 Å². The van der Waals surface area contributed by atoms with Crippen molar-refractivity contribution in [3.63, 3.8) is 0 Å². The van der Waals surface area contributed by atoms with Crippen LogP contribution in [0.5, 0.6) is 5.88 Å². The number of rotatable bonds is 9. The number of aromatic nitrogens is 5. The highest BCUT2D eigenvalue weighted by Crippen LogP contribution is 2.29. The lowest BCUT2D eigenvalue weighted by atomic mass is 10.1. The Morgan fingerprint density at radius 1 is 0.943 bits per heavy atom. The fraction of sp³-hybridized carbons (Fsp3) is 0.208. The molecule has 0 bridgehead atoms. The van der Waals surface area contributed by atoms with Crippen LogP contribution in [0.3, 0.4) is 0 Å². The van der Waals surface area contributed by atoms with Crippen molar-refractivity contribution in [1.29, 1.82) is 0 Å². The highest BCUT2D eigenvalue weighted by Gasteiger charge is 2.29. The van der Waals surface area contributed by atoms with Gasteiger partial charge in [0.1, 0.15) is 6.61 Å². The molecule has 2 aromatic carbocycles. The van der Waals surface area contributed by atoms with Crippen LogP contribution in [0.1, 0.15) is 35.0 Å². The first kappa shape index (κ1) is 23.9. The molecule has 0 radical (unpaired) electrons. The van der Waals surface area contributed by atoms with Gasteiger partial charge in [-0.1, -0.05) is 47.6 Å². The summed E-state index contributed by atoms with van der Waals surface area (Å²) in [7, 11) is 0. The fourth-order valence-corrected chi connectivity index (χ4v) is 3.01. The first-order chi connectivity index (χ1) is 16.9. The molecule has 0 aliphatic rings. The molecule has 11 heteroatoms. The number of halogens is 3. The van der Waals surface area contributed by atoms with Gasteiger partial charge in [0, 0.05) is 17.8 Å². The van der Waals surface area contributed by atoms with Crippen molar-refractivity contribution in [2.24, 2.45) is 5.16 Å². The summed E-state index contributed by atoms with van der Waals surface area (Å²) in [6.45, 7) is 2.41. The summed E-state index contributed by atoms with van der Waals surface area (Å²) in [5.41, 5.74) is 2.20. The molecule has 35 heavy (non-hydrogen) atoms. The SMILES string of the molecule is CC(=NOCc1ccc(C(F)(F)F)cc1)c1ccc(OCc2nnn(Cc3ccccc3)n2)nc1. The molecule has 2 heterocycles. The number of pyridine rings is 1. The van der Waals surface area contributed by atoms with Crippen LogP contribution >= 0.6 is 0 Å². The smallest absolute Gasteiger partial charge is 0.416 e. The molecule has 0 N–H and O–H groups in total. The molecule has 2 aromatic heterocycles. The maximum atomic E-state index is 12.6. The fourth-order valence-electron chi connectivity index (χ4n) is 3.01. The van der Waals surface area contributed by atoms with E-state index >= 15 is 0 Å². The third-order valence-corrected chi connectivity index (χ3v) is 4.88. The monoisotopic (exact) mass is 482 g/mol. The summed E-state index contributed by atoms with van der Waals surface area (Å²) in [4.78, 5) is 11.0. The second-order valence-electron chi connectivity index (χ2n) is 7.54. The van der Waals surface area contributed by atoms with Gasteiger partial charge in [0.25, 0.3) is 0 Å². The van der Waals surface area contributed by atoms with E-state index in [2.05, 4.69) is 25.6 Å². The number of benzene rings is 2. The normalized spacial score (nSPS) is 11.9. The zero-order valence-corrected chi connectivity index (χ0v) is 18.7. The van der Waals surface area contributed by atoms with Crippen molar-refractivity contribution in [2.45, 2.75) is 32.9 Å². The molecule has 4 aromatic rings. The number of oxime groups is 1. The Bertz CT molecular complexity index is 1260. The van der Waals surface area contributed by atoms with Crippen LogP contribution < -0.4 is 4.74 Å². The van der Waals surface area contributed by atoms with E-state index < -0.39 is 11.7 Å². The number of hydrogen-bond donors (Lipinski definition) is 0. The molecule has 0 saturated carbocycles. The molecular weight excluding hydrogens is 461 g/mol. The van der Waals surface area contributed by atoms with E-state index in [1.54, 1.807) is 25.3 Å². The van der Waals surface area contributed by atoms with Gasteiger partial charge >= 0.3 is 6.18 Å². The Kier molecular flexibility index (Phi) is 7.34. The second-order valence-corrected chi connectivity index (χ2v) is 7.54. The largest absolute Gasteiger partial charge is 0.469 e. The minimum Gasteiger partial charge on any atom is -0.469 e. The highest BCUT2D eigenvalue weighted by molar-refractivity contribution is 5.98. The predicted molar refractivity (Wildman–Crippen MR) is 120 cm³/mol. The van der Waals surface area contributed by atoms with Crippen molar-refractivity contribution in [2.75, 3.05) is 0 Å². The maximum absolute atomic E-state index is 12.6. The summed E-state index contributed by atoms with van der Waals surface area (Å²) in [6.07, 6.45) is -2.79. The summed E-state index contributed by atoms with van der Waals surface area (Å²) in [6, 6.07) is 18.0. The summed E-state index contributed by atoms with van der Waals surface area (Å²) >= 11 is 0. The number of alkyl halides is 3. The predicted octanol–water partition coefficient (Wildman–Crippen LogP) is 4.66. The van der Waals surface area contributed by atoms with Gasteiger partial charge in [0.15, 0.2) is 6.61 Å². The van der Waals surface area contributed by atoms with Crippen LogP contribution in [-0.4, -0.2) is 30.9 Å². The van der Waals surface area contributed by atoms with E-state index in [4.69, 9.17) is 9.57 Å². The van der Waals surface area contributed by atoms with Crippen molar-refractivity contribution >= 4 is 5.71 Å². The maximum Gasteiger partial charge on any atom is 0.416 e. The third kappa shape index (κ3) is 6.85. The molecule has 0 aliphatic heterocycles. The van der Waals surface area contributed by atoms with E-state index in [-0.39, 0.29) is 13.2 Å². The van der Waals surface area contributed by atoms with E-state index in [0.717, 1.165) is 17.7 Å². The Morgan fingerprint density at radius 3 is 2.40 bits per heavy atom. The number of ether oxygens (including phenoxy) is 1. The quantitative estimate of drug-likeness (QED) is 0.255. The second kappa shape index (κ2) is 10.8. The van der Waals surface area contributed by atoms with Crippen molar-refractivity contribution in [1.82, 2.24) is 25.2 Å². The Labute approximate surface area is 199 Å². The zero-order chi connectivity index (χ0) is 24.7. The van der Waals surface area contributed by atoms with Crippen molar-refractivity contribution in [3.05, 3.63) is 101 Å². The zero-order valence-electron chi connectivity index (χ0n) is 18.7. The van der Waals surface area contributed by atoms with Crippen molar-refractivity contribution in [3.8, 4) is 5.88 Å². The molecule has 0 saturated heterocycles. The number of nitrogens with zero attached hydrogens (tertiary/aromatic N) is 6. The molecule has 8 nitrogen and oxygen atoms in total. The first-order valence-electron chi connectivity index (χ1n) is 10.6. The minimum absolute atomic E-state index is 0.0437. The van der Waals surface area contributed by atoms with Crippen LogP contribution in [0.4, 0.5) is 13.2 Å². The van der Waals surface area contributed by atoms with Gasteiger partial charge in [-0.3, -0.25) is 0 Å². The topological polar surface area (TPSA) is 87.3 Å². The van der Waals surface area contributed by atoms with Gasteiger partial charge in [-0.2, -0.15) is 18.0 Å². The van der Waals surface area contributed by atoms with Gasteiger partial charge in [-0.15, -0.1) is 10.2 Å². The van der Waals surface area contributed by atoms with Crippen LogP contribution in [-0.2, 0) is 30.8 Å². The number of hydrogen-bond acceptors (Lipinski definition) is 7. The van der Waals surface area contributed by atoms with Gasteiger partial charge < -0.3 is 9.57 Å². The summed E-state index contributed by atoms with van der Waals surface area (Å²) < 4.78 is 43.5. The summed E-state index contributed by atoms with van der Waals surface area (Å²) in [5, 5.41) is 16.3. The van der Waals surface area contributed by atoms with E-state index in [0.29, 0.717) is 35.1 Å². The Balaban J connectivity index is 1.25. The standard InChI is InChI=1S/C24H21F3N6O2/c1-17(31-35-15-19-7-10-21(11-8-19)24(25,26)27)20-9-12-23(28-13-20)34-16-22-29-32-33(30-22)14-18-5-3-2-4-6-18/h2-13H,14-16H2,1H3. The van der Waals surface area contributed by atoms with Crippen LogP contribution in [0.2, 0.25) is 0 Å². The van der Waals surface area contributed by atoms with Crippen LogP contribution in [0.15, 0.2) is 78.1 Å². The molecular formula is C24H21F3N6O2. The lowest BCUT2D eigenvalue weighted by Crippen LogP contribution is -2.05. The van der Waals surface area contributed by atoms with Crippen molar-refractivity contribution < 1.29 is 22.7 Å². The lowest BCUT2D eigenvalue weighted by molar-refractivity contribution is -0.137.